The van der Waals surface area contributed by atoms with E-state index >= 15 is 0 Å². The van der Waals surface area contributed by atoms with Crippen LogP contribution >= 0.6 is 0 Å². The fraction of sp³-hybridized carbons (Fsp3) is 0.500. The first-order valence-electron chi connectivity index (χ1n) is 18.0. The summed E-state index contributed by atoms with van der Waals surface area (Å²) in [5.41, 5.74) is 1.80. The Morgan fingerprint density at radius 2 is 1.30 bits per heavy atom. The van der Waals surface area contributed by atoms with E-state index < -0.39 is 43.0 Å². The summed E-state index contributed by atoms with van der Waals surface area (Å²) in [6, 6.07) is 17.3. The van der Waals surface area contributed by atoms with Gasteiger partial charge in [-0.15, -0.1) is 0 Å². The molecule has 0 aliphatic heterocycles. The molecule has 54 heavy (non-hydrogen) atoms. The standard InChI is InChI=1S/C40H44F8O6/c1-27(24-28-10-6-5-7-11-28)53-36(49)31-14-12-29(13-15-31)30-16-18-32(19-17-30)54-37(50)34-21-20-33(25-35(34)41)52-23-9-4-2-3-8-22-51-26-38(42,43)39(44,45)40(46,47)48/h12-21,25,27-28H,2-11,22-24,26H2,1H3/t27-/m0/s1. The summed E-state index contributed by atoms with van der Waals surface area (Å²) < 4.78 is 124. The second kappa shape index (κ2) is 19.4. The summed E-state index contributed by atoms with van der Waals surface area (Å²) in [6.07, 6.45) is 2.78. The van der Waals surface area contributed by atoms with Gasteiger partial charge in [-0.25, -0.2) is 14.0 Å². The summed E-state index contributed by atoms with van der Waals surface area (Å²) >= 11 is 0. The minimum Gasteiger partial charge on any atom is -0.493 e. The molecule has 0 N–H and O–H groups in total. The summed E-state index contributed by atoms with van der Waals surface area (Å²) in [5.74, 6) is -12.7. The molecule has 0 amide bonds. The van der Waals surface area contributed by atoms with Crippen LogP contribution in [0.25, 0.3) is 11.1 Å². The predicted octanol–water partition coefficient (Wildman–Crippen LogP) is 11.4. The average molecular weight is 773 g/mol. The Bertz CT molecular complexity index is 1640. The van der Waals surface area contributed by atoms with E-state index in [0.717, 1.165) is 23.6 Å². The number of hydrogen-bond acceptors (Lipinski definition) is 6. The van der Waals surface area contributed by atoms with E-state index in [2.05, 4.69) is 4.74 Å². The third kappa shape index (κ3) is 12.2. The number of unbranched alkanes of at least 4 members (excludes halogenated alkanes) is 4. The van der Waals surface area contributed by atoms with Gasteiger partial charge in [-0.2, -0.15) is 30.7 Å². The van der Waals surface area contributed by atoms with Crippen molar-refractivity contribution >= 4 is 11.9 Å². The Morgan fingerprint density at radius 3 is 1.91 bits per heavy atom. The molecule has 1 fully saturated rings. The highest BCUT2D eigenvalue weighted by atomic mass is 19.4. The van der Waals surface area contributed by atoms with E-state index in [-0.39, 0.29) is 42.2 Å². The summed E-state index contributed by atoms with van der Waals surface area (Å²) in [7, 11) is 0. The normalized spacial score (nSPS) is 14.8. The van der Waals surface area contributed by atoms with Crippen molar-refractivity contribution in [1.29, 1.82) is 0 Å². The lowest BCUT2D eigenvalue weighted by Gasteiger charge is -2.27. The number of carbonyl (C=O) groups excluding carboxylic acids is 2. The maximum atomic E-state index is 14.8. The molecule has 0 bridgehead atoms. The fourth-order valence-corrected chi connectivity index (χ4v) is 6.14. The SMILES string of the molecule is C[C@@H](CC1CCCCC1)OC(=O)c1ccc(-c2ccc(OC(=O)c3ccc(OCCCCCCCOCC(F)(F)C(F)(F)C(F)(F)F)cc3F)cc2)cc1. The van der Waals surface area contributed by atoms with Crippen LogP contribution in [0, 0.1) is 11.7 Å². The van der Waals surface area contributed by atoms with Crippen molar-refractivity contribution in [3.63, 3.8) is 0 Å². The molecule has 1 aliphatic carbocycles. The minimum absolute atomic E-state index is 0.151. The van der Waals surface area contributed by atoms with Crippen LogP contribution < -0.4 is 9.47 Å². The first-order chi connectivity index (χ1) is 25.6. The van der Waals surface area contributed by atoms with Gasteiger partial charge in [0, 0.05) is 12.7 Å². The smallest absolute Gasteiger partial charge is 0.459 e. The van der Waals surface area contributed by atoms with Crippen LogP contribution in [0.5, 0.6) is 11.5 Å². The lowest BCUT2D eigenvalue weighted by molar-refractivity contribution is -0.361. The first-order valence-corrected chi connectivity index (χ1v) is 18.0. The molecule has 0 saturated heterocycles. The number of hydrogen-bond donors (Lipinski definition) is 0. The second-order valence-electron chi connectivity index (χ2n) is 13.5. The monoisotopic (exact) mass is 772 g/mol. The molecular formula is C40H44F8O6. The number of carbonyl (C=O) groups is 2. The van der Waals surface area contributed by atoms with Gasteiger partial charge < -0.3 is 18.9 Å². The van der Waals surface area contributed by atoms with Gasteiger partial charge in [0.25, 0.3) is 0 Å². The van der Waals surface area contributed by atoms with Crippen LogP contribution in [0.3, 0.4) is 0 Å². The molecule has 1 saturated carbocycles. The number of halogens is 8. The van der Waals surface area contributed by atoms with Crippen LogP contribution in [-0.2, 0) is 9.47 Å². The number of alkyl halides is 7. The fourth-order valence-electron chi connectivity index (χ4n) is 6.14. The molecule has 14 heteroatoms. The topological polar surface area (TPSA) is 71.1 Å². The van der Waals surface area contributed by atoms with Crippen molar-refractivity contribution in [2.24, 2.45) is 5.92 Å². The van der Waals surface area contributed by atoms with Gasteiger partial charge in [0.15, 0.2) is 0 Å². The Labute approximate surface area is 309 Å². The lowest BCUT2D eigenvalue weighted by atomic mass is 9.86. The highest BCUT2D eigenvalue weighted by Crippen LogP contribution is 2.46. The summed E-state index contributed by atoms with van der Waals surface area (Å²) in [4.78, 5) is 25.3. The quantitative estimate of drug-likeness (QED) is 0.0523. The second-order valence-corrected chi connectivity index (χ2v) is 13.5. The largest absolute Gasteiger partial charge is 0.493 e. The van der Waals surface area contributed by atoms with Gasteiger partial charge >= 0.3 is 30.0 Å². The van der Waals surface area contributed by atoms with Gasteiger partial charge in [0.05, 0.1) is 23.8 Å². The van der Waals surface area contributed by atoms with E-state index in [1.165, 1.54) is 44.2 Å². The van der Waals surface area contributed by atoms with Gasteiger partial charge in [0.1, 0.15) is 23.9 Å². The molecule has 0 aromatic heterocycles. The van der Waals surface area contributed by atoms with Crippen molar-refractivity contribution in [3.05, 3.63) is 83.7 Å². The molecule has 0 radical (unpaired) electrons. The van der Waals surface area contributed by atoms with Crippen molar-refractivity contribution in [2.75, 3.05) is 19.8 Å². The minimum atomic E-state index is -6.39. The Hall–Kier alpha value is -4.20. The van der Waals surface area contributed by atoms with Gasteiger partial charge in [-0.05, 0) is 79.6 Å². The van der Waals surface area contributed by atoms with Crippen molar-refractivity contribution in [2.45, 2.75) is 102 Å². The van der Waals surface area contributed by atoms with Crippen molar-refractivity contribution in [1.82, 2.24) is 0 Å². The highest BCUT2D eigenvalue weighted by molar-refractivity contribution is 5.92. The van der Waals surface area contributed by atoms with Gasteiger partial charge in [0.2, 0.25) is 0 Å². The third-order valence-corrected chi connectivity index (χ3v) is 9.18. The molecule has 0 unspecified atom stereocenters. The first kappa shape index (κ1) is 42.5. The Balaban J connectivity index is 1.13. The van der Waals surface area contributed by atoms with E-state index in [1.807, 2.05) is 6.92 Å². The van der Waals surface area contributed by atoms with Gasteiger partial charge in [-0.3, -0.25) is 0 Å². The Kier molecular flexibility index (Phi) is 15.3. The number of esters is 2. The third-order valence-electron chi connectivity index (χ3n) is 9.18. The average Bonchev–Trinajstić information content (AvgIpc) is 3.12. The zero-order valence-corrected chi connectivity index (χ0v) is 29.9. The van der Waals surface area contributed by atoms with E-state index in [4.69, 9.17) is 14.2 Å². The molecule has 6 nitrogen and oxygen atoms in total. The van der Waals surface area contributed by atoms with Crippen molar-refractivity contribution < 1.29 is 63.7 Å². The van der Waals surface area contributed by atoms with Crippen LogP contribution in [0.4, 0.5) is 35.1 Å². The molecule has 1 atom stereocenters. The number of rotatable bonds is 19. The van der Waals surface area contributed by atoms with E-state index in [9.17, 15) is 44.7 Å². The molecule has 296 valence electrons. The molecular weight excluding hydrogens is 728 g/mol. The van der Waals surface area contributed by atoms with E-state index in [0.29, 0.717) is 37.2 Å². The predicted molar refractivity (Wildman–Crippen MR) is 185 cm³/mol. The van der Waals surface area contributed by atoms with Crippen LogP contribution in [-0.4, -0.2) is 55.9 Å². The summed E-state index contributed by atoms with van der Waals surface area (Å²) in [5, 5.41) is 0. The zero-order chi connectivity index (χ0) is 39.4. The summed E-state index contributed by atoms with van der Waals surface area (Å²) in [6.45, 7) is -0.332. The highest BCUT2D eigenvalue weighted by Gasteiger charge is 2.73. The number of ether oxygens (including phenoxy) is 4. The van der Waals surface area contributed by atoms with Crippen LogP contribution in [0.15, 0.2) is 66.7 Å². The van der Waals surface area contributed by atoms with Gasteiger partial charge in [-0.1, -0.05) is 75.6 Å². The molecule has 0 spiro atoms. The number of benzene rings is 3. The zero-order valence-electron chi connectivity index (χ0n) is 29.9. The van der Waals surface area contributed by atoms with Crippen LogP contribution in [0.1, 0.15) is 98.3 Å². The molecule has 0 heterocycles. The van der Waals surface area contributed by atoms with Crippen molar-refractivity contribution in [3.8, 4) is 22.6 Å². The molecule has 1 aliphatic rings. The van der Waals surface area contributed by atoms with Crippen LogP contribution in [0.2, 0.25) is 0 Å². The molecule has 3 aromatic rings. The molecule has 4 rings (SSSR count). The molecule has 3 aromatic carbocycles. The lowest BCUT2D eigenvalue weighted by Crippen LogP contribution is -2.54. The maximum Gasteiger partial charge on any atom is 0.459 e. The van der Waals surface area contributed by atoms with E-state index in [1.54, 1.807) is 48.5 Å². The Morgan fingerprint density at radius 1 is 0.722 bits per heavy atom. The maximum absolute atomic E-state index is 14.8.